The van der Waals surface area contributed by atoms with Crippen LogP contribution in [-0.4, -0.2) is 61.4 Å². The third kappa shape index (κ3) is 3.38. The Hall–Kier alpha value is -3.18. The van der Waals surface area contributed by atoms with Gasteiger partial charge in [0, 0.05) is 32.2 Å². The van der Waals surface area contributed by atoms with Crippen molar-refractivity contribution in [1.29, 1.82) is 0 Å². The molecule has 0 radical (unpaired) electrons. The molecule has 2 aromatic rings. The number of nitro groups is 1. The molecule has 0 N–H and O–H groups in total. The zero-order valence-corrected chi connectivity index (χ0v) is 16.0. The van der Waals surface area contributed by atoms with E-state index in [1.807, 2.05) is 0 Å². The van der Waals surface area contributed by atoms with Crippen molar-refractivity contribution in [3.05, 3.63) is 58.1 Å². The summed E-state index contributed by atoms with van der Waals surface area (Å²) in [5.74, 6) is 0.594. The number of benzene rings is 2. The van der Waals surface area contributed by atoms with Gasteiger partial charge in [-0.1, -0.05) is 18.2 Å². The van der Waals surface area contributed by atoms with E-state index in [4.69, 9.17) is 9.47 Å². The van der Waals surface area contributed by atoms with Crippen LogP contribution in [0.15, 0.2) is 47.4 Å². The molecule has 0 aliphatic carbocycles. The van der Waals surface area contributed by atoms with E-state index in [0.717, 1.165) is 10.4 Å². The molecule has 1 fully saturated rings. The van der Waals surface area contributed by atoms with Gasteiger partial charge in [0.05, 0.1) is 10.5 Å². The highest BCUT2D eigenvalue weighted by molar-refractivity contribution is 7.89. The molecule has 0 aromatic heterocycles. The molecule has 2 aromatic carbocycles. The number of ether oxygens (including phenoxy) is 2. The van der Waals surface area contributed by atoms with Crippen molar-refractivity contribution >= 4 is 21.6 Å². The van der Waals surface area contributed by atoms with E-state index in [1.165, 1.54) is 23.1 Å². The van der Waals surface area contributed by atoms with Crippen molar-refractivity contribution in [3.8, 4) is 11.5 Å². The second-order valence-corrected chi connectivity index (χ2v) is 8.37. The lowest BCUT2D eigenvalue weighted by Crippen LogP contribution is -2.50. The number of rotatable bonds is 4. The molecule has 152 valence electrons. The summed E-state index contributed by atoms with van der Waals surface area (Å²) in [6.07, 6.45) is 0. The Labute approximate surface area is 166 Å². The summed E-state index contributed by atoms with van der Waals surface area (Å²) in [5, 5.41) is 11.2. The second kappa shape index (κ2) is 7.33. The summed E-state index contributed by atoms with van der Waals surface area (Å²) in [7, 11) is -4.05. The smallest absolute Gasteiger partial charge is 0.289 e. The Morgan fingerprint density at radius 1 is 1.00 bits per heavy atom. The number of carbonyl (C=O) groups excluding carboxylic acids is 1. The Morgan fingerprint density at radius 3 is 2.45 bits per heavy atom. The summed E-state index contributed by atoms with van der Waals surface area (Å²) in [4.78, 5) is 24.5. The number of amides is 1. The van der Waals surface area contributed by atoms with Crippen LogP contribution in [-0.2, 0) is 10.0 Å². The quantitative estimate of drug-likeness (QED) is 0.544. The Morgan fingerprint density at radius 2 is 1.72 bits per heavy atom. The lowest BCUT2D eigenvalue weighted by molar-refractivity contribution is -0.387. The molecule has 0 saturated carbocycles. The fourth-order valence-electron chi connectivity index (χ4n) is 3.37. The number of piperazine rings is 1. The highest BCUT2D eigenvalue weighted by Crippen LogP contribution is 2.36. The van der Waals surface area contributed by atoms with Gasteiger partial charge in [-0.25, -0.2) is 8.42 Å². The van der Waals surface area contributed by atoms with Gasteiger partial charge in [0.2, 0.25) is 16.8 Å². The zero-order valence-electron chi connectivity index (χ0n) is 15.2. The number of para-hydroxylation sites is 2. The molecule has 0 bridgehead atoms. The molecule has 29 heavy (non-hydrogen) atoms. The van der Waals surface area contributed by atoms with Gasteiger partial charge in [-0.05, 0) is 18.2 Å². The van der Waals surface area contributed by atoms with Crippen molar-refractivity contribution < 1.29 is 27.6 Å². The summed E-state index contributed by atoms with van der Waals surface area (Å²) in [6, 6.07) is 10.3. The first kappa shape index (κ1) is 19.2. The van der Waals surface area contributed by atoms with Gasteiger partial charge in [0.25, 0.3) is 11.6 Å². The van der Waals surface area contributed by atoms with Crippen LogP contribution in [0.2, 0.25) is 0 Å². The van der Waals surface area contributed by atoms with Gasteiger partial charge in [0.15, 0.2) is 16.4 Å². The van der Waals surface area contributed by atoms with E-state index in [9.17, 15) is 23.3 Å². The van der Waals surface area contributed by atoms with Crippen molar-refractivity contribution in [2.75, 3.05) is 33.0 Å². The molecule has 11 heteroatoms. The van der Waals surface area contributed by atoms with Crippen LogP contribution in [0.4, 0.5) is 5.69 Å². The number of carbonyl (C=O) groups is 1. The standard InChI is InChI=1S/C18H17N3O7S/c22-18(13-4-3-6-15-17(13)28-12-27-15)19-8-10-20(11-9-19)29(25,26)16-7-2-1-5-14(16)21(23)24/h1-7H,8-12H2. The van der Waals surface area contributed by atoms with Gasteiger partial charge >= 0.3 is 0 Å². The van der Waals surface area contributed by atoms with Crippen LogP contribution in [0.1, 0.15) is 10.4 Å². The fourth-order valence-corrected chi connectivity index (χ4v) is 4.95. The normalized spacial score (nSPS) is 16.6. The van der Waals surface area contributed by atoms with Gasteiger partial charge in [-0.3, -0.25) is 14.9 Å². The molecule has 2 aliphatic heterocycles. The van der Waals surface area contributed by atoms with Crippen molar-refractivity contribution in [2.24, 2.45) is 0 Å². The largest absolute Gasteiger partial charge is 0.454 e. The molecule has 1 saturated heterocycles. The Kier molecular flexibility index (Phi) is 4.84. The third-order valence-electron chi connectivity index (χ3n) is 4.83. The Balaban J connectivity index is 1.51. The minimum Gasteiger partial charge on any atom is -0.454 e. The van der Waals surface area contributed by atoms with E-state index >= 15 is 0 Å². The molecule has 1 amide bonds. The molecule has 4 rings (SSSR count). The topological polar surface area (TPSA) is 119 Å². The van der Waals surface area contributed by atoms with E-state index in [-0.39, 0.29) is 43.8 Å². The van der Waals surface area contributed by atoms with Crippen LogP contribution < -0.4 is 9.47 Å². The van der Waals surface area contributed by atoms with E-state index in [2.05, 4.69) is 0 Å². The summed E-state index contributed by atoms with van der Waals surface area (Å²) >= 11 is 0. The number of hydrogen-bond donors (Lipinski definition) is 0. The van der Waals surface area contributed by atoms with Gasteiger partial charge in [-0.2, -0.15) is 4.31 Å². The molecule has 2 heterocycles. The molecule has 0 unspecified atom stereocenters. The average molecular weight is 419 g/mol. The predicted molar refractivity (Wildman–Crippen MR) is 100 cm³/mol. The Bertz CT molecular complexity index is 1080. The second-order valence-electron chi connectivity index (χ2n) is 6.46. The fraction of sp³-hybridized carbons (Fsp3) is 0.278. The maximum absolute atomic E-state index is 12.9. The number of nitrogens with zero attached hydrogens (tertiary/aromatic N) is 3. The lowest BCUT2D eigenvalue weighted by Gasteiger charge is -2.34. The van der Waals surface area contributed by atoms with E-state index in [1.54, 1.807) is 18.2 Å². The minimum absolute atomic E-state index is 0.0342. The first-order valence-electron chi connectivity index (χ1n) is 8.81. The summed E-state index contributed by atoms with van der Waals surface area (Å²) in [6.45, 7) is 0.424. The van der Waals surface area contributed by atoms with Crippen LogP contribution >= 0.6 is 0 Å². The minimum atomic E-state index is -4.05. The number of hydrogen-bond acceptors (Lipinski definition) is 7. The van der Waals surface area contributed by atoms with Crippen molar-refractivity contribution in [2.45, 2.75) is 4.90 Å². The van der Waals surface area contributed by atoms with Gasteiger partial charge in [0.1, 0.15) is 0 Å². The SMILES string of the molecule is O=C(c1cccc2c1OCO2)N1CCN(S(=O)(=O)c2ccccc2[N+](=O)[O-])CC1. The van der Waals surface area contributed by atoms with Crippen LogP contribution in [0.3, 0.4) is 0 Å². The predicted octanol–water partition coefficient (Wildman–Crippen LogP) is 1.47. The number of fused-ring (bicyclic) bond motifs is 1. The van der Waals surface area contributed by atoms with E-state index < -0.39 is 20.6 Å². The molecule has 10 nitrogen and oxygen atoms in total. The maximum Gasteiger partial charge on any atom is 0.289 e. The summed E-state index contributed by atoms with van der Waals surface area (Å²) in [5.41, 5.74) is -0.113. The first-order valence-corrected chi connectivity index (χ1v) is 10.2. The lowest BCUT2D eigenvalue weighted by atomic mass is 10.1. The number of nitro benzene ring substituents is 1. The van der Waals surface area contributed by atoms with Gasteiger partial charge < -0.3 is 14.4 Å². The summed E-state index contributed by atoms with van der Waals surface area (Å²) < 4.78 is 37.6. The zero-order chi connectivity index (χ0) is 20.6. The number of sulfonamides is 1. The van der Waals surface area contributed by atoms with Crippen LogP contribution in [0.25, 0.3) is 0 Å². The molecule has 2 aliphatic rings. The molecule has 0 atom stereocenters. The van der Waals surface area contributed by atoms with Gasteiger partial charge in [-0.15, -0.1) is 0 Å². The highest BCUT2D eigenvalue weighted by atomic mass is 32.2. The maximum atomic E-state index is 12.9. The third-order valence-corrected chi connectivity index (χ3v) is 6.78. The van der Waals surface area contributed by atoms with Crippen molar-refractivity contribution in [1.82, 2.24) is 9.21 Å². The molecular formula is C18H17N3O7S. The average Bonchev–Trinajstić information content (AvgIpc) is 3.22. The first-order chi connectivity index (χ1) is 13.9. The molecular weight excluding hydrogens is 402 g/mol. The monoisotopic (exact) mass is 419 g/mol. The van der Waals surface area contributed by atoms with E-state index in [0.29, 0.717) is 17.1 Å². The molecule has 0 spiro atoms. The van der Waals surface area contributed by atoms with Crippen LogP contribution in [0, 0.1) is 10.1 Å². The van der Waals surface area contributed by atoms with Crippen molar-refractivity contribution in [3.63, 3.8) is 0 Å². The van der Waals surface area contributed by atoms with Crippen LogP contribution in [0.5, 0.6) is 11.5 Å². The highest BCUT2D eigenvalue weighted by Gasteiger charge is 2.35.